The number of esters is 1. The molecule has 3 heteroatoms. The maximum absolute atomic E-state index is 11.5. The topological polar surface area (TPSA) is 46.5 Å². The van der Waals surface area contributed by atoms with Crippen LogP contribution in [0.2, 0.25) is 0 Å². The van der Waals surface area contributed by atoms with Crippen LogP contribution in [0, 0.1) is 11.3 Å². The Morgan fingerprint density at radius 3 is 2.56 bits per heavy atom. The smallest absolute Gasteiger partial charge is 0.308 e. The molecule has 0 spiro atoms. The third kappa shape index (κ3) is 4.60. The summed E-state index contributed by atoms with van der Waals surface area (Å²) < 4.78 is 4.95. The Labute approximate surface area is 111 Å². The van der Waals surface area contributed by atoms with E-state index in [2.05, 4.69) is 20.8 Å². The monoisotopic (exact) mass is 256 g/mol. The summed E-state index contributed by atoms with van der Waals surface area (Å²) in [6, 6.07) is 0. The predicted molar refractivity (Wildman–Crippen MR) is 72.2 cm³/mol. The standard InChI is InChI=1S/C15H28O3/c1-5-18-13(16)11-15(17)9-6-7-12(8-10-15)14(2,3)4/h12,17H,5-11H2,1-4H3. The molecule has 1 fully saturated rings. The lowest BCUT2D eigenvalue weighted by Crippen LogP contribution is -2.32. The maximum atomic E-state index is 11.5. The van der Waals surface area contributed by atoms with Gasteiger partial charge in [0.25, 0.3) is 0 Å². The molecule has 0 aromatic rings. The van der Waals surface area contributed by atoms with Crippen molar-refractivity contribution >= 4 is 5.97 Å². The molecular weight excluding hydrogens is 228 g/mol. The van der Waals surface area contributed by atoms with Gasteiger partial charge in [-0.25, -0.2) is 0 Å². The highest BCUT2D eigenvalue weighted by Gasteiger charge is 2.36. The van der Waals surface area contributed by atoms with E-state index >= 15 is 0 Å². The highest BCUT2D eigenvalue weighted by Crippen LogP contribution is 2.40. The van der Waals surface area contributed by atoms with Crippen molar-refractivity contribution in [2.24, 2.45) is 11.3 Å². The normalized spacial score (nSPS) is 29.7. The van der Waals surface area contributed by atoms with Gasteiger partial charge in [0.1, 0.15) is 0 Å². The minimum absolute atomic E-state index is 0.150. The molecule has 1 N–H and O–H groups in total. The van der Waals surface area contributed by atoms with Crippen LogP contribution in [0.25, 0.3) is 0 Å². The second kappa shape index (κ2) is 6.05. The molecule has 0 heterocycles. The largest absolute Gasteiger partial charge is 0.466 e. The van der Waals surface area contributed by atoms with Gasteiger partial charge in [0.15, 0.2) is 0 Å². The van der Waals surface area contributed by atoms with E-state index in [0.29, 0.717) is 18.9 Å². The van der Waals surface area contributed by atoms with E-state index in [9.17, 15) is 9.90 Å². The Morgan fingerprint density at radius 2 is 2.00 bits per heavy atom. The van der Waals surface area contributed by atoms with Gasteiger partial charge >= 0.3 is 5.97 Å². The second-order valence-corrected chi connectivity index (χ2v) is 6.70. The quantitative estimate of drug-likeness (QED) is 0.622. The summed E-state index contributed by atoms with van der Waals surface area (Å²) >= 11 is 0. The molecule has 2 atom stereocenters. The summed E-state index contributed by atoms with van der Waals surface area (Å²) in [5.74, 6) is 0.364. The Hall–Kier alpha value is -0.570. The van der Waals surface area contributed by atoms with Crippen LogP contribution in [0.3, 0.4) is 0 Å². The second-order valence-electron chi connectivity index (χ2n) is 6.70. The highest BCUT2D eigenvalue weighted by atomic mass is 16.5. The van der Waals surface area contributed by atoms with E-state index in [1.807, 2.05) is 0 Å². The SMILES string of the molecule is CCOC(=O)CC1(O)CCCC(C(C)(C)C)CC1. The fourth-order valence-electron chi connectivity index (χ4n) is 2.91. The molecule has 1 aliphatic carbocycles. The molecule has 2 unspecified atom stereocenters. The van der Waals surface area contributed by atoms with E-state index in [0.717, 1.165) is 25.7 Å². The molecule has 18 heavy (non-hydrogen) atoms. The van der Waals surface area contributed by atoms with Crippen molar-refractivity contribution in [1.82, 2.24) is 0 Å². The van der Waals surface area contributed by atoms with E-state index in [1.165, 1.54) is 0 Å². The van der Waals surface area contributed by atoms with Crippen LogP contribution in [0.5, 0.6) is 0 Å². The van der Waals surface area contributed by atoms with Gasteiger partial charge in [-0.15, -0.1) is 0 Å². The molecule has 0 aromatic carbocycles. The van der Waals surface area contributed by atoms with Gasteiger partial charge in [-0.05, 0) is 43.9 Å². The average Bonchev–Trinajstić information content (AvgIpc) is 2.39. The van der Waals surface area contributed by atoms with Gasteiger partial charge in [0.05, 0.1) is 18.6 Å². The highest BCUT2D eigenvalue weighted by molar-refractivity contribution is 5.70. The summed E-state index contributed by atoms with van der Waals surface area (Å²) in [5.41, 5.74) is -0.554. The third-order valence-corrected chi connectivity index (χ3v) is 4.16. The maximum Gasteiger partial charge on any atom is 0.308 e. The van der Waals surface area contributed by atoms with E-state index in [4.69, 9.17) is 4.74 Å². The molecular formula is C15H28O3. The number of carbonyl (C=O) groups excluding carboxylic acids is 1. The van der Waals surface area contributed by atoms with Crippen molar-refractivity contribution in [3.05, 3.63) is 0 Å². The van der Waals surface area contributed by atoms with E-state index in [-0.39, 0.29) is 17.8 Å². The summed E-state index contributed by atoms with van der Waals surface area (Å²) in [7, 11) is 0. The number of carbonyl (C=O) groups is 1. The molecule has 0 amide bonds. The first kappa shape index (κ1) is 15.5. The van der Waals surface area contributed by atoms with Crippen molar-refractivity contribution in [2.75, 3.05) is 6.61 Å². The zero-order valence-corrected chi connectivity index (χ0v) is 12.3. The van der Waals surface area contributed by atoms with Gasteiger partial charge in [-0.1, -0.05) is 27.2 Å². The van der Waals surface area contributed by atoms with Crippen LogP contribution in [0.4, 0.5) is 0 Å². The number of ether oxygens (including phenoxy) is 1. The van der Waals surface area contributed by atoms with Crippen molar-refractivity contribution < 1.29 is 14.6 Å². The summed E-state index contributed by atoms with van der Waals surface area (Å²) in [6.07, 6.45) is 4.73. The molecule has 3 nitrogen and oxygen atoms in total. The fraction of sp³-hybridized carbons (Fsp3) is 0.933. The minimum atomic E-state index is -0.841. The van der Waals surface area contributed by atoms with Gasteiger partial charge < -0.3 is 9.84 Å². The lowest BCUT2D eigenvalue weighted by atomic mass is 9.76. The lowest BCUT2D eigenvalue weighted by molar-refractivity contribution is -0.149. The molecule has 0 aromatic heterocycles. The minimum Gasteiger partial charge on any atom is -0.466 e. The molecule has 0 radical (unpaired) electrons. The average molecular weight is 256 g/mol. The van der Waals surface area contributed by atoms with Gasteiger partial charge in [0, 0.05) is 0 Å². The van der Waals surface area contributed by atoms with Crippen LogP contribution in [-0.2, 0) is 9.53 Å². The summed E-state index contributed by atoms with van der Waals surface area (Å²) in [4.78, 5) is 11.5. The first-order chi connectivity index (χ1) is 8.27. The number of hydrogen-bond donors (Lipinski definition) is 1. The lowest BCUT2D eigenvalue weighted by Gasteiger charge is -2.30. The summed E-state index contributed by atoms with van der Waals surface area (Å²) in [5, 5.41) is 10.5. The van der Waals surface area contributed by atoms with Crippen molar-refractivity contribution in [1.29, 1.82) is 0 Å². The van der Waals surface area contributed by atoms with E-state index < -0.39 is 5.60 Å². The fourth-order valence-corrected chi connectivity index (χ4v) is 2.91. The molecule has 0 saturated heterocycles. The van der Waals surface area contributed by atoms with Crippen LogP contribution in [0.1, 0.15) is 66.2 Å². The molecule has 1 rings (SSSR count). The van der Waals surface area contributed by atoms with Crippen molar-refractivity contribution in [2.45, 2.75) is 71.8 Å². The third-order valence-electron chi connectivity index (χ3n) is 4.16. The molecule has 1 aliphatic rings. The zero-order chi connectivity index (χ0) is 13.8. The van der Waals surface area contributed by atoms with E-state index in [1.54, 1.807) is 6.92 Å². The Bertz CT molecular complexity index is 280. The Kier molecular flexibility index (Phi) is 5.20. The Balaban J connectivity index is 2.57. The van der Waals surface area contributed by atoms with Gasteiger partial charge in [0.2, 0.25) is 0 Å². The first-order valence-corrected chi connectivity index (χ1v) is 7.15. The molecule has 0 bridgehead atoms. The predicted octanol–water partition coefficient (Wildman–Crippen LogP) is 3.30. The zero-order valence-electron chi connectivity index (χ0n) is 12.3. The first-order valence-electron chi connectivity index (χ1n) is 7.15. The molecule has 1 saturated carbocycles. The number of hydrogen-bond acceptors (Lipinski definition) is 3. The van der Waals surface area contributed by atoms with Crippen LogP contribution < -0.4 is 0 Å². The van der Waals surface area contributed by atoms with Gasteiger partial charge in [-0.2, -0.15) is 0 Å². The summed E-state index contributed by atoms with van der Waals surface area (Å²) in [6.45, 7) is 8.96. The van der Waals surface area contributed by atoms with Crippen LogP contribution in [-0.4, -0.2) is 23.3 Å². The van der Waals surface area contributed by atoms with Crippen LogP contribution in [0.15, 0.2) is 0 Å². The van der Waals surface area contributed by atoms with Crippen molar-refractivity contribution in [3.63, 3.8) is 0 Å². The molecule has 0 aliphatic heterocycles. The van der Waals surface area contributed by atoms with Crippen molar-refractivity contribution in [3.8, 4) is 0 Å². The Morgan fingerprint density at radius 1 is 1.33 bits per heavy atom. The van der Waals surface area contributed by atoms with Gasteiger partial charge in [-0.3, -0.25) is 4.79 Å². The molecule has 106 valence electrons. The van der Waals surface area contributed by atoms with Crippen LogP contribution >= 0.6 is 0 Å². The number of rotatable bonds is 3. The number of aliphatic hydroxyl groups is 1.